The maximum atomic E-state index is 11.5. The third-order valence-corrected chi connectivity index (χ3v) is 4.80. The van der Waals surface area contributed by atoms with Crippen molar-refractivity contribution in [3.05, 3.63) is 16.4 Å². The van der Waals surface area contributed by atoms with Crippen LogP contribution in [0, 0.1) is 17.2 Å². The van der Waals surface area contributed by atoms with Crippen molar-refractivity contribution >= 4 is 21.4 Å². The fourth-order valence-electron chi connectivity index (χ4n) is 1.65. The molecule has 0 saturated carbocycles. The number of hydrogen-bond donors (Lipinski definition) is 0. The first-order valence-corrected chi connectivity index (χ1v) is 8.36. The van der Waals surface area contributed by atoms with E-state index >= 15 is 0 Å². The van der Waals surface area contributed by atoms with Crippen LogP contribution in [-0.2, 0) is 22.8 Å². The number of nitrogens with zero attached hydrogens (tertiary/aromatic N) is 3. The molecule has 1 aromatic heterocycles. The Hall–Kier alpha value is -1.06. The zero-order valence-corrected chi connectivity index (χ0v) is 12.9. The van der Waals surface area contributed by atoms with Gasteiger partial charge in [0.15, 0.2) is 9.84 Å². The zero-order valence-electron chi connectivity index (χ0n) is 11.4. The van der Waals surface area contributed by atoms with E-state index in [1.807, 2.05) is 19.9 Å². The highest BCUT2D eigenvalue weighted by Gasteiger charge is 2.18. The lowest BCUT2D eigenvalue weighted by atomic mass is 10.1. The fourth-order valence-corrected chi connectivity index (χ4v) is 2.66. The van der Waals surface area contributed by atoms with Gasteiger partial charge in [-0.05, 0) is 12.3 Å². The molecular weight excluding hydrogens is 286 g/mol. The van der Waals surface area contributed by atoms with Gasteiger partial charge < -0.3 is 0 Å². The molecule has 0 aliphatic carbocycles. The second kappa shape index (κ2) is 6.40. The average Bonchev–Trinajstić information content (AvgIpc) is 2.62. The molecule has 0 bridgehead atoms. The number of nitriles is 1. The van der Waals surface area contributed by atoms with Crippen LogP contribution in [0.5, 0.6) is 0 Å². The van der Waals surface area contributed by atoms with Gasteiger partial charge in [-0.3, -0.25) is 4.68 Å². The minimum atomic E-state index is -3.07. The molecule has 1 rings (SSSR count). The summed E-state index contributed by atoms with van der Waals surface area (Å²) in [6.45, 7) is 5.83. The van der Waals surface area contributed by atoms with Crippen LogP contribution < -0.4 is 0 Å². The van der Waals surface area contributed by atoms with Gasteiger partial charge in [0.2, 0.25) is 0 Å². The average molecular weight is 304 g/mol. The molecule has 0 N–H and O–H groups in total. The Morgan fingerprint density at radius 2 is 2.11 bits per heavy atom. The molecule has 0 aliphatic rings. The number of hydrogen-bond acceptors (Lipinski definition) is 4. The van der Waals surface area contributed by atoms with Gasteiger partial charge in [-0.15, -0.1) is 0 Å². The topological polar surface area (TPSA) is 75.8 Å². The second-order valence-corrected chi connectivity index (χ2v) is 7.61. The minimum absolute atomic E-state index is 0.0170. The van der Waals surface area contributed by atoms with Crippen molar-refractivity contribution in [2.24, 2.45) is 5.92 Å². The van der Waals surface area contributed by atoms with E-state index in [0.29, 0.717) is 23.6 Å². The quantitative estimate of drug-likeness (QED) is 0.806. The van der Waals surface area contributed by atoms with Gasteiger partial charge >= 0.3 is 0 Å². The summed E-state index contributed by atoms with van der Waals surface area (Å²) in [7, 11) is -3.07. The van der Waals surface area contributed by atoms with Crippen LogP contribution in [0.1, 0.15) is 32.0 Å². The summed E-state index contributed by atoms with van der Waals surface area (Å²) in [5.74, 6) is 0.429. The summed E-state index contributed by atoms with van der Waals surface area (Å²) in [5, 5.41) is 13.6. The van der Waals surface area contributed by atoms with E-state index in [-0.39, 0.29) is 23.2 Å². The molecular formula is C12H18ClN3O2S. The smallest absolute Gasteiger partial charge is 0.151 e. The van der Waals surface area contributed by atoms with Gasteiger partial charge in [0.05, 0.1) is 18.0 Å². The maximum absolute atomic E-state index is 11.5. The lowest BCUT2D eigenvalue weighted by Crippen LogP contribution is -2.15. The van der Waals surface area contributed by atoms with Gasteiger partial charge in [0.1, 0.15) is 16.8 Å². The van der Waals surface area contributed by atoms with E-state index in [1.165, 1.54) is 4.68 Å². The first-order valence-electron chi connectivity index (χ1n) is 6.16. The number of rotatable bonds is 6. The molecule has 0 saturated heterocycles. The van der Waals surface area contributed by atoms with E-state index in [2.05, 4.69) is 5.10 Å². The Labute approximate surface area is 119 Å². The van der Waals surface area contributed by atoms with Crippen molar-refractivity contribution in [2.45, 2.75) is 33.7 Å². The Bertz CT molecular complexity index is 585. The number of aryl methyl sites for hydroxylation is 1. The summed E-state index contributed by atoms with van der Waals surface area (Å²) in [6, 6.07) is 2.04. The molecule has 0 radical (unpaired) electrons. The Morgan fingerprint density at radius 1 is 1.47 bits per heavy atom. The lowest BCUT2D eigenvalue weighted by Gasteiger charge is -2.03. The molecule has 0 spiro atoms. The van der Waals surface area contributed by atoms with Crippen LogP contribution in [-0.4, -0.2) is 29.7 Å². The summed E-state index contributed by atoms with van der Waals surface area (Å²) >= 11 is 6.07. The van der Waals surface area contributed by atoms with Gasteiger partial charge in [0.25, 0.3) is 0 Å². The van der Waals surface area contributed by atoms with Crippen molar-refractivity contribution in [3.63, 3.8) is 0 Å². The number of aromatic nitrogens is 2. The van der Waals surface area contributed by atoms with E-state index in [0.717, 1.165) is 0 Å². The summed E-state index contributed by atoms with van der Waals surface area (Å²) in [6.07, 6.45) is 0.649. The van der Waals surface area contributed by atoms with Gasteiger partial charge in [0, 0.05) is 5.75 Å². The number of halogens is 1. The third-order valence-electron chi connectivity index (χ3n) is 2.73. The van der Waals surface area contributed by atoms with E-state index in [9.17, 15) is 8.42 Å². The minimum Gasteiger partial charge on any atom is -0.251 e. The lowest BCUT2D eigenvalue weighted by molar-refractivity contribution is 0.574. The second-order valence-electron chi connectivity index (χ2n) is 4.78. The first-order chi connectivity index (χ1) is 8.80. The van der Waals surface area contributed by atoms with Crippen molar-refractivity contribution in [1.29, 1.82) is 5.26 Å². The first kappa shape index (κ1) is 16.0. The highest BCUT2D eigenvalue weighted by molar-refractivity contribution is 7.91. The Balaban J connectivity index is 2.98. The highest BCUT2D eigenvalue weighted by atomic mass is 35.5. The van der Waals surface area contributed by atoms with Crippen molar-refractivity contribution < 1.29 is 8.42 Å². The molecule has 0 unspecified atom stereocenters. The molecule has 1 heterocycles. The predicted molar refractivity (Wildman–Crippen MR) is 74.8 cm³/mol. The van der Waals surface area contributed by atoms with Crippen LogP contribution in [0.25, 0.3) is 0 Å². The van der Waals surface area contributed by atoms with Crippen LogP contribution in [0.15, 0.2) is 0 Å². The molecule has 19 heavy (non-hydrogen) atoms. The van der Waals surface area contributed by atoms with Crippen molar-refractivity contribution in [1.82, 2.24) is 9.78 Å². The largest absolute Gasteiger partial charge is 0.251 e. The molecule has 7 heteroatoms. The molecule has 1 aromatic rings. The van der Waals surface area contributed by atoms with Crippen LogP contribution in [0.3, 0.4) is 0 Å². The highest BCUT2D eigenvalue weighted by Crippen LogP contribution is 2.21. The third kappa shape index (κ3) is 4.22. The molecule has 0 amide bonds. The Morgan fingerprint density at radius 3 is 2.58 bits per heavy atom. The van der Waals surface area contributed by atoms with E-state index in [1.54, 1.807) is 6.92 Å². The zero-order chi connectivity index (χ0) is 14.6. The van der Waals surface area contributed by atoms with E-state index in [4.69, 9.17) is 16.9 Å². The molecule has 0 atom stereocenters. The molecule has 0 aromatic carbocycles. The summed E-state index contributed by atoms with van der Waals surface area (Å²) < 4.78 is 24.4. The summed E-state index contributed by atoms with van der Waals surface area (Å²) in [5.41, 5.74) is 0.987. The fraction of sp³-hybridized carbons (Fsp3) is 0.667. The van der Waals surface area contributed by atoms with Crippen LogP contribution in [0.2, 0.25) is 5.15 Å². The summed E-state index contributed by atoms with van der Waals surface area (Å²) in [4.78, 5) is 0. The molecule has 106 valence electrons. The van der Waals surface area contributed by atoms with E-state index < -0.39 is 9.84 Å². The van der Waals surface area contributed by atoms with Crippen LogP contribution >= 0.6 is 11.6 Å². The van der Waals surface area contributed by atoms with Gasteiger partial charge in [-0.1, -0.05) is 32.4 Å². The van der Waals surface area contributed by atoms with Crippen molar-refractivity contribution in [2.75, 3.05) is 11.5 Å². The molecule has 5 nitrogen and oxygen atoms in total. The SMILES string of the molecule is CCS(=O)(=O)CCn1nc(CC(C)C)c(C#N)c1Cl. The normalized spacial score (nSPS) is 11.8. The maximum Gasteiger partial charge on any atom is 0.151 e. The Kier molecular flexibility index (Phi) is 5.39. The molecule has 0 aliphatic heterocycles. The van der Waals surface area contributed by atoms with Crippen LogP contribution in [0.4, 0.5) is 0 Å². The molecule has 0 fully saturated rings. The van der Waals surface area contributed by atoms with Gasteiger partial charge in [-0.2, -0.15) is 10.4 Å². The predicted octanol–water partition coefficient (Wildman–Crippen LogP) is 2.04. The monoisotopic (exact) mass is 303 g/mol. The van der Waals surface area contributed by atoms with Crippen molar-refractivity contribution in [3.8, 4) is 6.07 Å². The van der Waals surface area contributed by atoms with Gasteiger partial charge in [-0.25, -0.2) is 8.42 Å². The standard InChI is InChI=1S/C12H18ClN3O2S/c1-4-19(17,18)6-5-16-12(13)10(8-14)11(15-16)7-9(2)3/h9H,4-7H2,1-3H3. The number of sulfone groups is 1.